The van der Waals surface area contributed by atoms with Crippen molar-refractivity contribution >= 4 is 5.91 Å². The zero-order chi connectivity index (χ0) is 17.1. The van der Waals surface area contributed by atoms with Crippen LogP contribution in [0.5, 0.6) is 5.75 Å². The maximum absolute atomic E-state index is 12.0. The number of ether oxygens (including phenoxy) is 1. The first-order valence-electron chi connectivity index (χ1n) is 8.21. The van der Waals surface area contributed by atoms with Crippen LogP contribution in [0.4, 0.5) is 0 Å². The molecule has 6 nitrogen and oxygen atoms in total. The minimum Gasteiger partial charge on any atom is -0.488 e. The fourth-order valence-corrected chi connectivity index (χ4v) is 3.03. The Bertz CT molecular complexity index is 696. The summed E-state index contributed by atoms with van der Waals surface area (Å²) in [6.07, 6.45) is 3.99. The summed E-state index contributed by atoms with van der Waals surface area (Å²) in [4.78, 5) is 12.0. The van der Waals surface area contributed by atoms with E-state index in [-0.39, 0.29) is 17.9 Å². The molecular weight excluding hydrogens is 306 g/mol. The summed E-state index contributed by atoms with van der Waals surface area (Å²) in [6.45, 7) is 2.46. The van der Waals surface area contributed by atoms with Crippen molar-refractivity contribution in [3.8, 4) is 5.75 Å². The third-order valence-electron chi connectivity index (χ3n) is 4.49. The molecule has 1 aromatic carbocycles. The van der Waals surface area contributed by atoms with Crippen LogP contribution in [0.2, 0.25) is 0 Å². The van der Waals surface area contributed by atoms with Gasteiger partial charge in [-0.1, -0.05) is 17.7 Å². The van der Waals surface area contributed by atoms with E-state index in [9.17, 15) is 9.90 Å². The average Bonchev–Trinajstić information content (AvgIpc) is 3.15. The molecule has 0 aliphatic heterocycles. The smallest absolute Gasteiger partial charge is 0.254 e. The van der Waals surface area contributed by atoms with Gasteiger partial charge in [-0.25, -0.2) is 0 Å². The van der Waals surface area contributed by atoms with E-state index in [0.29, 0.717) is 12.1 Å². The first-order valence-corrected chi connectivity index (χ1v) is 8.21. The fourth-order valence-electron chi connectivity index (χ4n) is 3.03. The summed E-state index contributed by atoms with van der Waals surface area (Å²) >= 11 is 0. The van der Waals surface area contributed by atoms with Crippen LogP contribution in [0.1, 0.15) is 28.8 Å². The summed E-state index contributed by atoms with van der Waals surface area (Å²) in [6, 6.07) is 7.81. The summed E-state index contributed by atoms with van der Waals surface area (Å²) < 4.78 is 7.48. The molecule has 0 saturated heterocycles. The van der Waals surface area contributed by atoms with Gasteiger partial charge in [-0.3, -0.25) is 9.48 Å². The molecule has 2 N–H and O–H groups in total. The van der Waals surface area contributed by atoms with E-state index >= 15 is 0 Å². The number of aliphatic hydroxyl groups excluding tert-OH is 1. The largest absolute Gasteiger partial charge is 0.488 e. The molecule has 24 heavy (non-hydrogen) atoms. The van der Waals surface area contributed by atoms with Crippen LogP contribution in [0.15, 0.2) is 36.7 Å². The minimum absolute atomic E-state index is 0.000991. The zero-order valence-electron chi connectivity index (χ0n) is 14.0. The van der Waals surface area contributed by atoms with E-state index in [2.05, 4.69) is 10.4 Å². The van der Waals surface area contributed by atoms with E-state index in [4.69, 9.17) is 4.74 Å². The monoisotopic (exact) mass is 329 g/mol. The van der Waals surface area contributed by atoms with Crippen molar-refractivity contribution in [1.29, 1.82) is 0 Å². The van der Waals surface area contributed by atoms with Gasteiger partial charge in [0.05, 0.1) is 17.9 Å². The molecule has 1 aromatic heterocycles. The topological polar surface area (TPSA) is 76.4 Å². The van der Waals surface area contributed by atoms with Gasteiger partial charge in [0, 0.05) is 25.7 Å². The predicted octanol–water partition coefficient (Wildman–Crippen LogP) is 1.68. The normalized spacial score (nSPS) is 23.2. The Balaban J connectivity index is 1.51. The number of carbonyl (C=O) groups excluding carboxylic acids is 1. The van der Waals surface area contributed by atoms with Gasteiger partial charge in [-0.15, -0.1) is 0 Å². The SMILES string of the molecule is Cc1ccc(O[C@@H]2CC[C@H](CNC(=O)c3cnn(C)c3)[C@H]2O)cc1. The Kier molecular flexibility index (Phi) is 4.85. The first-order chi connectivity index (χ1) is 11.5. The maximum atomic E-state index is 12.0. The quantitative estimate of drug-likeness (QED) is 0.875. The number of aromatic nitrogens is 2. The number of carbonyl (C=O) groups is 1. The first kappa shape index (κ1) is 16.5. The van der Waals surface area contributed by atoms with Gasteiger partial charge < -0.3 is 15.2 Å². The molecule has 128 valence electrons. The van der Waals surface area contributed by atoms with E-state index < -0.39 is 6.10 Å². The van der Waals surface area contributed by atoms with Gasteiger partial charge in [-0.2, -0.15) is 5.10 Å². The van der Waals surface area contributed by atoms with Crippen LogP contribution in [-0.4, -0.2) is 39.5 Å². The van der Waals surface area contributed by atoms with Gasteiger partial charge >= 0.3 is 0 Å². The van der Waals surface area contributed by atoms with Crippen LogP contribution < -0.4 is 10.1 Å². The lowest BCUT2D eigenvalue weighted by molar-refractivity contribution is 0.0348. The number of benzene rings is 1. The van der Waals surface area contributed by atoms with E-state index in [1.807, 2.05) is 31.2 Å². The van der Waals surface area contributed by atoms with Gasteiger partial charge in [0.15, 0.2) is 0 Å². The number of aliphatic hydroxyl groups is 1. The minimum atomic E-state index is -0.583. The lowest BCUT2D eigenvalue weighted by atomic mass is 10.1. The molecule has 6 heteroatoms. The van der Waals surface area contributed by atoms with Gasteiger partial charge in [0.1, 0.15) is 11.9 Å². The van der Waals surface area contributed by atoms with Gasteiger partial charge in [0.2, 0.25) is 0 Å². The van der Waals surface area contributed by atoms with Gasteiger partial charge in [-0.05, 0) is 31.9 Å². The van der Waals surface area contributed by atoms with E-state index in [1.54, 1.807) is 17.9 Å². The lowest BCUT2D eigenvalue weighted by Crippen LogP contribution is -2.37. The van der Waals surface area contributed by atoms with Crippen molar-refractivity contribution in [2.75, 3.05) is 6.54 Å². The summed E-state index contributed by atoms with van der Waals surface area (Å²) in [5, 5.41) is 17.3. The summed E-state index contributed by atoms with van der Waals surface area (Å²) in [5.74, 6) is 0.601. The van der Waals surface area contributed by atoms with E-state index in [1.165, 1.54) is 11.8 Å². The highest BCUT2D eigenvalue weighted by Crippen LogP contribution is 2.29. The molecule has 0 spiro atoms. The number of hydrogen-bond acceptors (Lipinski definition) is 4. The second-order valence-electron chi connectivity index (χ2n) is 6.41. The van der Waals surface area contributed by atoms with Crippen molar-refractivity contribution in [1.82, 2.24) is 15.1 Å². The van der Waals surface area contributed by atoms with Crippen molar-refractivity contribution in [3.05, 3.63) is 47.8 Å². The second-order valence-corrected chi connectivity index (χ2v) is 6.41. The molecule has 2 aromatic rings. The van der Waals surface area contributed by atoms with Crippen LogP contribution in [0, 0.1) is 12.8 Å². The molecule has 1 aliphatic carbocycles. The van der Waals surface area contributed by atoms with Crippen molar-refractivity contribution in [2.45, 2.75) is 32.0 Å². The van der Waals surface area contributed by atoms with Crippen LogP contribution in [0.3, 0.4) is 0 Å². The molecule has 1 heterocycles. The highest BCUT2D eigenvalue weighted by atomic mass is 16.5. The number of hydrogen-bond donors (Lipinski definition) is 2. The van der Waals surface area contributed by atoms with Crippen LogP contribution in [0.25, 0.3) is 0 Å². The van der Waals surface area contributed by atoms with Gasteiger partial charge in [0.25, 0.3) is 5.91 Å². The Hall–Kier alpha value is -2.34. The lowest BCUT2D eigenvalue weighted by Gasteiger charge is -2.21. The van der Waals surface area contributed by atoms with Crippen molar-refractivity contribution in [2.24, 2.45) is 13.0 Å². The summed E-state index contributed by atoms with van der Waals surface area (Å²) in [5.41, 5.74) is 1.70. The number of rotatable bonds is 5. The zero-order valence-corrected chi connectivity index (χ0v) is 14.0. The molecule has 1 fully saturated rings. The summed E-state index contributed by atoms with van der Waals surface area (Å²) in [7, 11) is 1.77. The maximum Gasteiger partial charge on any atom is 0.254 e. The number of nitrogens with one attached hydrogen (secondary N) is 1. The van der Waals surface area contributed by atoms with Crippen LogP contribution >= 0.6 is 0 Å². The number of nitrogens with zero attached hydrogens (tertiary/aromatic N) is 2. The third kappa shape index (κ3) is 3.76. The second kappa shape index (κ2) is 7.05. The molecule has 1 amide bonds. The molecule has 0 bridgehead atoms. The highest BCUT2D eigenvalue weighted by molar-refractivity contribution is 5.93. The molecular formula is C18H23N3O3. The Morgan fingerprint density at radius 3 is 2.79 bits per heavy atom. The van der Waals surface area contributed by atoms with Crippen molar-refractivity contribution < 1.29 is 14.6 Å². The van der Waals surface area contributed by atoms with Crippen molar-refractivity contribution in [3.63, 3.8) is 0 Å². The van der Waals surface area contributed by atoms with Crippen LogP contribution in [-0.2, 0) is 7.05 Å². The average molecular weight is 329 g/mol. The number of aryl methyl sites for hydroxylation is 2. The highest BCUT2D eigenvalue weighted by Gasteiger charge is 2.36. The third-order valence-corrected chi connectivity index (χ3v) is 4.49. The number of amides is 1. The Morgan fingerprint density at radius 2 is 2.12 bits per heavy atom. The fraction of sp³-hybridized carbons (Fsp3) is 0.444. The predicted molar refractivity (Wildman–Crippen MR) is 89.9 cm³/mol. The van der Waals surface area contributed by atoms with E-state index in [0.717, 1.165) is 18.6 Å². The molecule has 1 saturated carbocycles. The molecule has 0 radical (unpaired) electrons. The standard InChI is InChI=1S/C18H23N3O3/c1-12-3-6-15(7-4-12)24-16-8-5-13(17(16)22)9-19-18(23)14-10-20-21(2)11-14/h3-4,6-7,10-11,13,16-17,22H,5,8-9H2,1-2H3,(H,19,23)/t13-,16-,17-/m1/s1. The Morgan fingerprint density at radius 1 is 1.38 bits per heavy atom. The Labute approximate surface area is 141 Å². The molecule has 3 atom stereocenters. The molecule has 1 aliphatic rings. The molecule has 3 rings (SSSR count). The molecule has 0 unspecified atom stereocenters.